The van der Waals surface area contributed by atoms with Crippen LogP contribution in [-0.2, 0) is 32.0 Å². The van der Waals surface area contributed by atoms with Crippen molar-refractivity contribution in [2.24, 2.45) is 0 Å². The van der Waals surface area contributed by atoms with Crippen LogP contribution in [0, 0.1) is 0 Å². The number of halogens is 1. The maximum absolute atomic E-state index is 13.6. The molecule has 0 aliphatic carbocycles. The van der Waals surface area contributed by atoms with Gasteiger partial charge in [-0.05, 0) is 30.2 Å². The van der Waals surface area contributed by atoms with Crippen molar-refractivity contribution in [2.75, 3.05) is 39.4 Å². The molecule has 3 N–H and O–H groups in total. The maximum atomic E-state index is 13.6. The molecule has 9 nitrogen and oxygen atoms in total. The van der Waals surface area contributed by atoms with Crippen LogP contribution < -0.4 is 16.0 Å². The number of carbonyl (C=O) groups is 3. The fraction of sp³-hybridized carbons (Fsp3) is 0.400. The molecule has 0 spiro atoms. The highest BCUT2D eigenvalue weighted by molar-refractivity contribution is 7.18. The Kier molecular flexibility index (Phi) is 11.3. The van der Waals surface area contributed by atoms with Crippen molar-refractivity contribution >= 4 is 50.9 Å². The Labute approximate surface area is 249 Å². The van der Waals surface area contributed by atoms with Gasteiger partial charge in [0.1, 0.15) is 6.04 Å². The van der Waals surface area contributed by atoms with Crippen molar-refractivity contribution in [3.05, 3.63) is 76.3 Å². The van der Waals surface area contributed by atoms with Gasteiger partial charge in [-0.3, -0.25) is 19.3 Å². The number of amides is 3. The van der Waals surface area contributed by atoms with Crippen LogP contribution in [0.25, 0.3) is 10.2 Å². The summed E-state index contributed by atoms with van der Waals surface area (Å²) < 4.78 is 6.29. The summed E-state index contributed by atoms with van der Waals surface area (Å²) in [4.78, 5) is 45.6. The Morgan fingerprint density at radius 1 is 1.10 bits per heavy atom. The predicted molar refractivity (Wildman–Crippen MR) is 162 cm³/mol. The first-order chi connectivity index (χ1) is 19.8. The van der Waals surface area contributed by atoms with E-state index in [0.717, 1.165) is 28.9 Å². The third-order valence-corrected chi connectivity index (χ3v) is 8.04. The molecule has 0 saturated carbocycles. The molecular formula is C30H36ClN5O4S. The van der Waals surface area contributed by atoms with E-state index in [1.165, 1.54) is 11.3 Å². The second kappa shape index (κ2) is 15.1. The van der Waals surface area contributed by atoms with Gasteiger partial charge in [-0.25, -0.2) is 4.98 Å². The number of hydrogen-bond donors (Lipinski definition) is 3. The molecular weight excluding hydrogens is 562 g/mol. The van der Waals surface area contributed by atoms with E-state index in [-0.39, 0.29) is 37.1 Å². The van der Waals surface area contributed by atoms with E-state index >= 15 is 0 Å². The number of morpholine rings is 1. The molecule has 41 heavy (non-hydrogen) atoms. The topological polar surface area (TPSA) is 113 Å². The van der Waals surface area contributed by atoms with Gasteiger partial charge in [-0.15, -0.1) is 11.3 Å². The summed E-state index contributed by atoms with van der Waals surface area (Å²) in [5.41, 5.74) is 2.26. The Hall–Kier alpha value is -3.31. The molecule has 0 radical (unpaired) electrons. The normalized spacial score (nSPS) is 15.2. The third kappa shape index (κ3) is 9.36. The van der Waals surface area contributed by atoms with Crippen molar-refractivity contribution in [1.82, 2.24) is 25.8 Å². The highest BCUT2D eigenvalue weighted by Crippen LogP contribution is 2.26. The van der Waals surface area contributed by atoms with E-state index in [0.29, 0.717) is 41.8 Å². The van der Waals surface area contributed by atoms with Gasteiger partial charge >= 0.3 is 0 Å². The van der Waals surface area contributed by atoms with E-state index < -0.39 is 12.1 Å². The number of thiazole rings is 1. The summed E-state index contributed by atoms with van der Waals surface area (Å²) in [7, 11) is 0. The smallest absolute Gasteiger partial charge is 0.247 e. The Morgan fingerprint density at radius 3 is 2.59 bits per heavy atom. The molecule has 4 rings (SSSR count). The van der Waals surface area contributed by atoms with Gasteiger partial charge in [0.05, 0.1) is 34.5 Å². The zero-order chi connectivity index (χ0) is 29.2. The van der Waals surface area contributed by atoms with E-state index in [9.17, 15) is 14.4 Å². The number of rotatable bonds is 13. The number of hydrogen-bond acceptors (Lipinski definition) is 7. The second-order valence-electron chi connectivity index (χ2n) is 9.99. The van der Waals surface area contributed by atoms with Crippen LogP contribution in [0.2, 0.25) is 5.02 Å². The highest BCUT2D eigenvalue weighted by Gasteiger charge is 2.26. The van der Waals surface area contributed by atoms with E-state index in [4.69, 9.17) is 16.3 Å². The first kappa shape index (κ1) is 30.6. The monoisotopic (exact) mass is 597 g/mol. The standard InChI is InChI=1S/C30H36ClN5O4S/c1-3-27(37)34-25(17-28-35-24-10-9-22(31)16-26(24)41-28)30(39)33-23(15-21-7-5-4-6-8-21)18-32-29(38)20(2)19-36-11-13-40-14-12-36/h4-10,16,23,25H,2-3,11-15,17-19H2,1H3,(H,32,38)(H,33,39)(H,34,37)/t23?,25-/m0/s1. The summed E-state index contributed by atoms with van der Waals surface area (Å²) in [6, 6.07) is 13.9. The summed E-state index contributed by atoms with van der Waals surface area (Å²) in [5, 5.41) is 10.2. The molecule has 1 unspecified atom stereocenters. The molecule has 218 valence electrons. The maximum Gasteiger partial charge on any atom is 0.247 e. The van der Waals surface area contributed by atoms with Crippen molar-refractivity contribution < 1.29 is 19.1 Å². The van der Waals surface area contributed by atoms with Crippen molar-refractivity contribution in [3.8, 4) is 0 Å². The van der Waals surface area contributed by atoms with Crippen molar-refractivity contribution in [3.63, 3.8) is 0 Å². The lowest BCUT2D eigenvalue weighted by atomic mass is 10.0. The minimum absolute atomic E-state index is 0.204. The lowest BCUT2D eigenvalue weighted by Crippen LogP contribution is -2.53. The largest absolute Gasteiger partial charge is 0.379 e. The average Bonchev–Trinajstić information content (AvgIpc) is 3.37. The molecule has 0 bridgehead atoms. The number of benzene rings is 2. The van der Waals surface area contributed by atoms with Crippen LogP contribution in [0.1, 0.15) is 23.9 Å². The van der Waals surface area contributed by atoms with Gasteiger partial charge in [0.2, 0.25) is 17.7 Å². The Morgan fingerprint density at radius 2 is 1.85 bits per heavy atom. The van der Waals surface area contributed by atoms with Crippen molar-refractivity contribution in [2.45, 2.75) is 38.3 Å². The fourth-order valence-electron chi connectivity index (χ4n) is 4.53. The molecule has 3 amide bonds. The van der Waals surface area contributed by atoms with Crippen LogP contribution >= 0.6 is 22.9 Å². The van der Waals surface area contributed by atoms with E-state index in [1.807, 2.05) is 42.5 Å². The molecule has 2 heterocycles. The van der Waals surface area contributed by atoms with Gasteiger partial charge in [-0.1, -0.05) is 55.4 Å². The molecule has 1 aliphatic rings. The first-order valence-corrected chi connectivity index (χ1v) is 14.9. The Bertz CT molecular complexity index is 1360. The minimum atomic E-state index is -0.830. The molecule has 1 aromatic heterocycles. The van der Waals surface area contributed by atoms with Crippen molar-refractivity contribution in [1.29, 1.82) is 0 Å². The third-order valence-electron chi connectivity index (χ3n) is 6.77. The molecule has 3 aromatic rings. The van der Waals surface area contributed by atoms with Gasteiger partial charge in [0.25, 0.3) is 0 Å². The number of ether oxygens (including phenoxy) is 1. The number of carbonyl (C=O) groups excluding carboxylic acids is 3. The molecule has 1 aliphatic heterocycles. The van der Waals surface area contributed by atoms with Crippen LogP contribution in [0.4, 0.5) is 0 Å². The Balaban J connectivity index is 1.44. The molecule has 2 atom stereocenters. The quantitative estimate of drug-likeness (QED) is 0.261. The molecule has 11 heteroatoms. The summed E-state index contributed by atoms with van der Waals surface area (Å²) in [6.07, 6.45) is 0.972. The number of aromatic nitrogens is 1. The number of nitrogens with one attached hydrogen (secondary N) is 3. The second-order valence-corrected chi connectivity index (χ2v) is 11.5. The van der Waals surface area contributed by atoms with Crippen LogP contribution in [0.5, 0.6) is 0 Å². The van der Waals surface area contributed by atoms with Gasteiger partial charge in [0, 0.05) is 49.6 Å². The van der Waals surface area contributed by atoms with E-state index in [2.05, 4.69) is 32.4 Å². The minimum Gasteiger partial charge on any atom is -0.379 e. The molecule has 1 saturated heterocycles. The SMILES string of the molecule is C=C(CN1CCOCC1)C(=O)NCC(Cc1ccccc1)NC(=O)[C@H](Cc1nc2ccc(Cl)cc2s1)NC(=O)CC. The molecule has 2 aromatic carbocycles. The van der Waals surface area contributed by atoms with Crippen LogP contribution in [0.3, 0.4) is 0 Å². The lowest BCUT2D eigenvalue weighted by Gasteiger charge is -2.27. The van der Waals surface area contributed by atoms with Crippen LogP contribution in [-0.4, -0.2) is 79.1 Å². The van der Waals surface area contributed by atoms with Gasteiger partial charge < -0.3 is 20.7 Å². The fourth-order valence-corrected chi connectivity index (χ4v) is 5.82. The zero-order valence-corrected chi connectivity index (χ0v) is 24.7. The summed E-state index contributed by atoms with van der Waals surface area (Å²) in [5.74, 6) is -0.833. The van der Waals surface area contributed by atoms with E-state index in [1.54, 1.807) is 13.0 Å². The number of nitrogens with zero attached hydrogens (tertiary/aromatic N) is 2. The van der Waals surface area contributed by atoms with Gasteiger partial charge in [-0.2, -0.15) is 0 Å². The predicted octanol–water partition coefficient (Wildman–Crippen LogP) is 3.12. The van der Waals surface area contributed by atoms with Crippen LogP contribution in [0.15, 0.2) is 60.7 Å². The van der Waals surface area contributed by atoms with Gasteiger partial charge in [0.15, 0.2) is 0 Å². The lowest BCUT2D eigenvalue weighted by molar-refractivity contribution is -0.129. The summed E-state index contributed by atoms with van der Waals surface area (Å²) in [6.45, 7) is 9.16. The first-order valence-electron chi connectivity index (χ1n) is 13.8. The highest BCUT2D eigenvalue weighted by atomic mass is 35.5. The molecule has 1 fully saturated rings. The average molecular weight is 598 g/mol. The summed E-state index contributed by atoms with van der Waals surface area (Å²) >= 11 is 7.57. The number of fused-ring (bicyclic) bond motifs is 1. The zero-order valence-electron chi connectivity index (χ0n) is 23.2.